The van der Waals surface area contributed by atoms with Crippen LogP contribution in [0.1, 0.15) is 17.7 Å². The van der Waals surface area contributed by atoms with E-state index in [4.69, 9.17) is 14.2 Å². The molecule has 0 saturated carbocycles. The molecule has 3 aromatic carbocycles. The summed E-state index contributed by atoms with van der Waals surface area (Å²) in [6.07, 6.45) is 0.555. The van der Waals surface area contributed by atoms with Crippen LogP contribution in [0.25, 0.3) is 5.69 Å². The van der Waals surface area contributed by atoms with Crippen LogP contribution in [0.3, 0.4) is 0 Å². The molecule has 1 N–H and O–H groups in total. The molecule has 4 aromatic rings. The lowest BCUT2D eigenvalue weighted by atomic mass is 10.1. The lowest BCUT2D eigenvalue weighted by Crippen LogP contribution is -2.12. The number of carbonyl (C=O) groups excluding carboxylic acids is 1. The van der Waals surface area contributed by atoms with Crippen LogP contribution in [-0.4, -0.2) is 29.9 Å². The topological polar surface area (TPSA) is 74.6 Å². The molecule has 35 heavy (non-hydrogen) atoms. The number of anilines is 1. The van der Waals surface area contributed by atoms with Crippen molar-refractivity contribution in [1.29, 1.82) is 0 Å². The lowest BCUT2D eigenvalue weighted by Gasteiger charge is -2.12. The molecule has 0 saturated heterocycles. The molecule has 1 heterocycles. The molecule has 4 rings (SSSR count). The van der Waals surface area contributed by atoms with Crippen molar-refractivity contribution in [2.45, 2.75) is 19.8 Å². The maximum atomic E-state index is 13.4. The van der Waals surface area contributed by atoms with Crippen LogP contribution in [0.5, 0.6) is 23.1 Å². The van der Waals surface area contributed by atoms with Crippen LogP contribution in [0, 0.1) is 12.7 Å². The minimum Gasteiger partial charge on any atom is -0.497 e. The Hall–Kier alpha value is -4.33. The Labute approximate surface area is 203 Å². The summed E-state index contributed by atoms with van der Waals surface area (Å²) in [6, 6.07) is 20.5. The normalized spacial score (nSPS) is 10.6. The van der Waals surface area contributed by atoms with Crippen molar-refractivity contribution in [3.05, 3.63) is 89.9 Å². The van der Waals surface area contributed by atoms with Gasteiger partial charge in [0.25, 0.3) is 0 Å². The molecule has 0 radical (unpaired) electrons. The second kappa shape index (κ2) is 10.7. The molecular formula is C27H26FN3O4. The standard InChI is InChI=1S/C27H26FN3O4/c1-18-25(15-16-26(32)29-20-6-4-5-19(28)17-20)27(35-24-13-11-23(34-3)12-14-24)31(30-18)21-7-9-22(33-2)10-8-21/h4-14,17H,15-16H2,1-3H3,(H,29,32). The van der Waals surface area contributed by atoms with E-state index in [0.717, 1.165) is 22.7 Å². The molecule has 0 atom stereocenters. The summed E-state index contributed by atoms with van der Waals surface area (Å²) in [4.78, 5) is 12.6. The Morgan fingerprint density at radius 1 is 0.943 bits per heavy atom. The lowest BCUT2D eigenvalue weighted by molar-refractivity contribution is -0.116. The van der Waals surface area contributed by atoms with Gasteiger partial charge in [-0.2, -0.15) is 5.10 Å². The number of nitrogens with zero attached hydrogens (tertiary/aromatic N) is 2. The average molecular weight is 476 g/mol. The van der Waals surface area contributed by atoms with E-state index in [1.165, 1.54) is 12.1 Å². The van der Waals surface area contributed by atoms with Crippen LogP contribution in [0.2, 0.25) is 0 Å². The van der Waals surface area contributed by atoms with Crippen LogP contribution < -0.4 is 19.5 Å². The molecule has 0 aliphatic heterocycles. The second-order valence-corrected chi connectivity index (χ2v) is 7.82. The highest BCUT2D eigenvalue weighted by molar-refractivity contribution is 5.90. The zero-order valence-electron chi connectivity index (χ0n) is 19.7. The third-order valence-corrected chi connectivity index (χ3v) is 5.44. The molecule has 7 nitrogen and oxygen atoms in total. The number of ether oxygens (including phenoxy) is 3. The van der Waals surface area contributed by atoms with Crippen LogP contribution in [0.15, 0.2) is 72.8 Å². The van der Waals surface area contributed by atoms with Gasteiger partial charge in [0, 0.05) is 17.7 Å². The Morgan fingerprint density at radius 3 is 2.20 bits per heavy atom. The number of halogens is 1. The predicted molar refractivity (Wildman–Crippen MR) is 131 cm³/mol. The summed E-state index contributed by atoms with van der Waals surface area (Å²) in [7, 11) is 3.21. The zero-order valence-corrected chi connectivity index (χ0v) is 19.7. The van der Waals surface area contributed by atoms with Gasteiger partial charge in [-0.3, -0.25) is 4.79 Å². The van der Waals surface area contributed by atoms with Crippen molar-refractivity contribution in [1.82, 2.24) is 9.78 Å². The predicted octanol–water partition coefficient (Wildman–Crippen LogP) is 5.70. The number of amides is 1. The first-order chi connectivity index (χ1) is 17.0. The quantitative estimate of drug-likeness (QED) is 0.336. The molecule has 8 heteroatoms. The number of hydrogen-bond donors (Lipinski definition) is 1. The largest absolute Gasteiger partial charge is 0.497 e. The molecule has 0 aliphatic rings. The molecule has 0 fully saturated rings. The second-order valence-electron chi connectivity index (χ2n) is 7.82. The number of hydrogen-bond acceptors (Lipinski definition) is 5. The van der Waals surface area contributed by atoms with Gasteiger partial charge in [-0.1, -0.05) is 6.07 Å². The van der Waals surface area contributed by atoms with Crippen molar-refractivity contribution in [3.8, 4) is 28.8 Å². The molecular weight excluding hydrogens is 449 g/mol. The summed E-state index contributed by atoms with van der Waals surface area (Å²) in [6.45, 7) is 1.88. The van der Waals surface area contributed by atoms with Gasteiger partial charge in [0.05, 0.1) is 25.6 Å². The maximum Gasteiger partial charge on any atom is 0.226 e. The Balaban J connectivity index is 1.61. The van der Waals surface area contributed by atoms with Crippen LogP contribution in [-0.2, 0) is 11.2 Å². The minimum atomic E-state index is -0.408. The molecule has 0 bridgehead atoms. The third kappa shape index (κ3) is 5.78. The number of rotatable bonds is 9. The van der Waals surface area contributed by atoms with E-state index in [9.17, 15) is 9.18 Å². The van der Waals surface area contributed by atoms with E-state index in [1.54, 1.807) is 43.2 Å². The smallest absolute Gasteiger partial charge is 0.226 e. The number of carbonyl (C=O) groups is 1. The summed E-state index contributed by atoms with van der Waals surface area (Å²) in [5, 5.41) is 7.42. The summed E-state index contributed by atoms with van der Waals surface area (Å²) in [5.74, 6) is 1.91. The highest BCUT2D eigenvalue weighted by Gasteiger charge is 2.20. The molecule has 1 amide bonds. The highest BCUT2D eigenvalue weighted by Crippen LogP contribution is 2.32. The van der Waals surface area contributed by atoms with E-state index >= 15 is 0 Å². The van der Waals surface area contributed by atoms with Crippen molar-refractivity contribution >= 4 is 11.6 Å². The fraction of sp³-hybridized carbons (Fsp3) is 0.185. The number of aryl methyl sites for hydroxylation is 1. The Morgan fingerprint density at radius 2 is 1.57 bits per heavy atom. The van der Waals surface area contributed by atoms with Crippen LogP contribution >= 0.6 is 0 Å². The zero-order chi connectivity index (χ0) is 24.8. The van der Waals surface area contributed by atoms with Crippen molar-refractivity contribution in [2.75, 3.05) is 19.5 Å². The van der Waals surface area contributed by atoms with Gasteiger partial charge in [-0.05, 0) is 80.1 Å². The third-order valence-electron chi connectivity index (χ3n) is 5.44. The number of benzene rings is 3. The molecule has 0 spiro atoms. The van der Waals surface area contributed by atoms with Gasteiger partial charge in [-0.25, -0.2) is 9.07 Å². The summed E-state index contributed by atoms with van der Waals surface area (Å²) >= 11 is 0. The Kier molecular flexibility index (Phi) is 7.30. The summed E-state index contributed by atoms with van der Waals surface area (Å²) in [5.41, 5.74) is 2.73. The van der Waals surface area contributed by atoms with Gasteiger partial charge in [0.2, 0.25) is 11.8 Å². The highest BCUT2D eigenvalue weighted by atomic mass is 19.1. The number of aromatic nitrogens is 2. The molecule has 180 valence electrons. The van der Waals surface area contributed by atoms with Crippen molar-refractivity contribution in [3.63, 3.8) is 0 Å². The minimum absolute atomic E-state index is 0.171. The summed E-state index contributed by atoms with van der Waals surface area (Å²) < 4.78 is 31.9. The van der Waals surface area contributed by atoms with E-state index < -0.39 is 5.82 Å². The number of methoxy groups -OCH3 is 2. The fourth-order valence-corrected chi connectivity index (χ4v) is 3.61. The van der Waals surface area contributed by atoms with Crippen molar-refractivity contribution in [2.24, 2.45) is 0 Å². The van der Waals surface area contributed by atoms with Gasteiger partial charge < -0.3 is 19.5 Å². The fourth-order valence-electron chi connectivity index (χ4n) is 3.61. The molecule has 1 aromatic heterocycles. The van der Waals surface area contributed by atoms with E-state index in [-0.39, 0.29) is 12.3 Å². The van der Waals surface area contributed by atoms with Crippen molar-refractivity contribution < 1.29 is 23.4 Å². The molecule has 0 aliphatic carbocycles. The van der Waals surface area contributed by atoms with Crippen LogP contribution in [0.4, 0.5) is 10.1 Å². The van der Waals surface area contributed by atoms with E-state index in [2.05, 4.69) is 10.4 Å². The first-order valence-electron chi connectivity index (χ1n) is 11.1. The maximum absolute atomic E-state index is 13.4. The van der Waals surface area contributed by atoms with E-state index in [0.29, 0.717) is 29.5 Å². The average Bonchev–Trinajstić information content (AvgIpc) is 3.18. The molecule has 0 unspecified atom stereocenters. The van der Waals surface area contributed by atoms with E-state index in [1.807, 2.05) is 43.3 Å². The first kappa shape index (κ1) is 23.8. The Bertz CT molecular complexity index is 1300. The van der Waals surface area contributed by atoms with Gasteiger partial charge in [0.1, 0.15) is 23.1 Å². The van der Waals surface area contributed by atoms with Gasteiger partial charge in [0.15, 0.2) is 0 Å². The SMILES string of the molecule is COc1ccc(Oc2c(CCC(=O)Nc3cccc(F)c3)c(C)nn2-c2ccc(OC)cc2)cc1. The van der Waals surface area contributed by atoms with Gasteiger partial charge in [-0.15, -0.1) is 0 Å². The number of nitrogens with one attached hydrogen (secondary N) is 1. The monoisotopic (exact) mass is 475 g/mol. The van der Waals surface area contributed by atoms with Gasteiger partial charge >= 0.3 is 0 Å². The first-order valence-corrected chi connectivity index (χ1v) is 11.1.